The van der Waals surface area contributed by atoms with Crippen molar-refractivity contribution in [3.05, 3.63) is 64.1 Å². The second-order valence-corrected chi connectivity index (χ2v) is 9.97. The number of sulfonamides is 1. The second-order valence-electron chi connectivity index (χ2n) is 7.22. The van der Waals surface area contributed by atoms with Crippen LogP contribution in [0.5, 0.6) is 0 Å². The van der Waals surface area contributed by atoms with E-state index < -0.39 is 16.1 Å². The number of benzene rings is 2. The maximum atomic E-state index is 12.9. The molecule has 2 aromatic rings. The van der Waals surface area contributed by atoms with Gasteiger partial charge in [-0.1, -0.05) is 47.5 Å². The monoisotopic (exact) mass is 483 g/mol. The third-order valence-corrected chi connectivity index (χ3v) is 7.72. The third-order valence-electron chi connectivity index (χ3n) is 5.07. The number of hydrogen-bond acceptors (Lipinski definition) is 4. The van der Waals surface area contributed by atoms with Crippen molar-refractivity contribution in [3.63, 3.8) is 0 Å². The second kappa shape index (κ2) is 9.99. The Labute approximate surface area is 192 Å². The summed E-state index contributed by atoms with van der Waals surface area (Å²) in [6.07, 6.45) is 0.0679. The summed E-state index contributed by atoms with van der Waals surface area (Å²) in [5, 5.41) is 3.53. The average molecular weight is 484 g/mol. The molecule has 2 amide bonds. The van der Waals surface area contributed by atoms with Crippen molar-refractivity contribution in [2.45, 2.75) is 24.3 Å². The zero-order chi connectivity index (χ0) is 22.6. The lowest BCUT2D eigenvalue weighted by molar-refractivity contribution is -0.133. The van der Waals surface area contributed by atoms with E-state index in [4.69, 9.17) is 23.2 Å². The van der Waals surface area contributed by atoms with E-state index in [9.17, 15) is 18.0 Å². The van der Waals surface area contributed by atoms with Crippen molar-refractivity contribution in [1.82, 2.24) is 14.5 Å². The molecule has 2 aromatic carbocycles. The molecule has 0 saturated carbocycles. The molecular weight excluding hydrogens is 461 g/mol. The molecule has 1 N–H and O–H groups in total. The van der Waals surface area contributed by atoms with E-state index in [0.717, 1.165) is 5.56 Å². The van der Waals surface area contributed by atoms with Gasteiger partial charge in [0, 0.05) is 38.1 Å². The van der Waals surface area contributed by atoms with Crippen LogP contribution < -0.4 is 5.32 Å². The maximum absolute atomic E-state index is 12.9. The summed E-state index contributed by atoms with van der Waals surface area (Å²) < 4.78 is 27.1. The largest absolute Gasteiger partial charge is 0.349 e. The lowest BCUT2D eigenvalue weighted by Crippen LogP contribution is -2.51. The van der Waals surface area contributed by atoms with Gasteiger partial charge in [0.2, 0.25) is 21.8 Å². The highest BCUT2D eigenvalue weighted by Gasteiger charge is 2.32. The van der Waals surface area contributed by atoms with Crippen LogP contribution >= 0.6 is 23.2 Å². The fourth-order valence-electron chi connectivity index (χ4n) is 3.47. The standard InChI is InChI=1S/C21H23Cl2N3O4S/c1-15(27)24-19(16-6-8-17(22)9-7-16)14-21(28)25-10-12-26(13-11-25)31(29,30)20-5-3-2-4-18(20)23/h2-9,19H,10-14H2,1H3,(H,24,27). The lowest BCUT2D eigenvalue weighted by atomic mass is 10.0. The number of hydrogen-bond donors (Lipinski definition) is 1. The quantitative estimate of drug-likeness (QED) is 0.683. The molecule has 10 heteroatoms. The molecule has 0 spiro atoms. The Bertz CT molecular complexity index is 1050. The van der Waals surface area contributed by atoms with Gasteiger partial charge < -0.3 is 10.2 Å². The number of nitrogens with one attached hydrogen (secondary N) is 1. The molecule has 1 unspecified atom stereocenters. The van der Waals surface area contributed by atoms with Gasteiger partial charge in [-0.05, 0) is 29.8 Å². The predicted octanol–water partition coefficient (Wildman–Crippen LogP) is 3.09. The first kappa shape index (κ1) is 23.5. The minimum absolute atomic E-state index is 0.0601. The van der Waals surface area contributed by atoms with E-state index in [1.165, 1.54) is 23.4 Å². The highest BCUT2D eigenvalue weighted by Crippen LogP contribution is 2.26. The number of halogens is 2. The zero-order valence-corrected chi connectivity index (χ0v) is 19.3. The van der Waals surface area contributed by atoms with E-state index >= 15 is 0 Å². The summed E-state index contributed by atoms with van der Waals surface area (Å²) in [6.45, 7) is 2.26. The lowest BCUT2D eigenvalue weighted by Gasteiger charge is -2.35. The van der Waals surface area contributed by atoms with E-state index in [-0.39, 0.29) is 54.3 Å². The number of nitrogens with zero attached hydrogens (tertiary/aromatic N) is 2. The van der Waals surface area contributed by atoms with Crippen molar-refractivity contribution in [2.24, 2.45) is 0 Å². The Morgan fingerprint density at radius 1 is 1.00 bits per heavy atom. The first-order chi connectivity index (χ1) is 14.7. The Balaban J connectivity index is 1.65. The highest BCUT2D eigenvalue weighted by atomic mass is 35.5. The Morgan fingerprint density at radius 3 is 2.19 bits per heavy atom. The highest BCUT2D eigenvalue weighted by molar-refractivity contribution is 7.89. The molecule has 7 nitrogen and oxygen atoms in total. The number of carbonyl (C=O) groups excluding carboxylic acids is 2. The predicted molar refractivity (Wildman–Crippen MR) is 119 cm³/mol. The minimum Gasteiger partial charge on any atom is -0.349 e. The van der Waals surface area contributed by atoms with Crippen LogP contribution in [0.1, 0.15) is 24.9 Å². The molecular formula is C21H23Cl2N3O4S. The topological polar surface area (TPSA) is 86.8 Å². The molecule has 1 aliphatic heterocycles. The van der Waals surface area contributed by atoms with Gasteiger partial charge in [-0.25, -0.2) is 8.42 Å². The molecule has 0 aliphatic carbocycles. The molecule has 1 fully saturated rings. The van der Waals surface area contributed by atoms with Gasteiger partial charge >= 0.3 is 0 Å². The molecule has 0 radical (unpaired) electrons. The third kappa shape index (κ3) is 5.77. The average Bonchev–Trinajstić information content (AvgIpc) is 2.73. The van der Waals surface area contributed by atoms with Crippen LogP contribution in [0.2, 0.25) is 10.0 Å². The van der Waals surface area contributed by atoms with Crippen LogP contribution in [-0.4, -0.2) is 55.6 Å². The van der Waals surface area contributed by atoms with E-state index in [1.54, 1.807) is 41.3 Å². The summed E-state index contributed by atoms with van der Waals surface area (Å²) in [6, 6.07) is 12.7. The summed E-state index contributed by atoms with van der Waals surface area (Å²) in [5.74, 6) is -0.410. The van der Waals surface area contributed by atoms with E-state index in [2.05, 4.69) is 5.32 Å². The van der Waals surface area contributed by atoms with Crippen LogP contribution in [0.4, 0.5) is 0 Å². The maximum Gasteiger partial charge on any atom is 0.244 e. The number of amides is 2. The van der Waals surface area contributed by atoms with Crippen molar-refractivity contribution in [1.29, 1.82) is 0 Å². The van der Waals surface area contributed by atoms with Crippen molar-refractivity contribution < 1.29 is 18.0 Å². The molecule has 1 heterocycles. The van der Waals surface area contributed by atoms with Gasteiger partial charge in [-0.2, -0.15) is 4.31 Å². The molecule has 0 bridgehead atoms. The Morgan fingerprint density at radius 2 is 1.61 bits per heavy atom. The van der Waals surface area contributed by atoms with Gasteiger partial charge in [0.05, 0.1) is 17.5 Å². The fraction of sp³-hybridized carbons (Fsp3) is 0.333. The molecule has 3 rings (SSSR count). The Hall–Kier alpha value is -2.13. The summed E-state index contributed by atoms with van der Waals surface area (Å²) in [4.78, 5) is 26.2. The molecule has 0 aromatic heterocycles. The van der Waals surface area contributed by atoms with Gasteiger partial charge in [0.25, 0.3) is 0 Å². The van der Waals surface area contributed by atoms with Crippen molar-refractivity contribution in [2.75, 3.05) is 26.2 Å². The van der Waals surface area contributed by atoms with Gasteiger partial charge in [-0.15, -0.1) is 0 Å². The first-order valence-electron chi connectivity index (χ1n) is 9.73. The summed E-state index contributed by atoms with van der Waals surface area (Å²) >= 11 is 12.0. The zero-order valence-electron chi connectivity index (χ0n) is 16.9. The summed E-state index contributed by atoms with van der Waals surface area (Å²) in [5.41, 5.74) is 0.771. The van der Waals surface area contributed by atoms with Crippen LogP contribution in [-0.2, 0) is 19.6 Å². The minimum atomic E-state index is -3.73. The van der Waals surface area contributed by atoms with Crippen molar-refractivity contribution in [3.8, 4) is 0 Å². The molecule has 31 heavy (non-hydrogen) atoms. The molecule has 1 saturated heterocycles. The van der Waals surface area contributed by atoms with E-state index in [1.807, 2.05) is 0 Å². The number of piperazine rings is 1. The molecule has 1 atom stereocenters. The Kier molecular flexibility index (Phi) is 7.59. The number of carbonyl (C=O) groups is 2. The van der Waals surface area contributed by atoms with Gasteiger partial charge in [0.1, 0.15) is 4.90 Å². The summed E-state index contributed by atoms with van der Waals surface area (Å²) in [7, 11) is -3.73. The van der Waals surface area contributed by atoms with Crippen LogP contribution in [0.3, 0.4) is 0 Å². The van der Waals surface area contributed by atoms with Crippen molar-refractivity contribution >= 4 is 45.0 Å². The van der Waals surface area contributed by atoms with E-state index in [0.29, 0.717) is 5.02 Å². The van der Waals surface area contributed by atoms with Gasteiger partial charge in [-0.3, -0.25) is 9.59 Å². The smallest absolute Gasteiger partial charge is 0.244 e. The van der Waals surface area contributed by atoms with Crippen LogP contribution in [0, 0.1) is 0 Å². The SMILES string of the molecule is CC(=O)NC(CC(=O)N1CCN(S(=O)(=O)c2ccccc2Cl)CC1)c1ccc(Cl)cc1. The fourth-order valence-corrected chi connectivity index (χ4v) is 5.51. The molecule has 166 valence electrons. The van der Waals surface area contributed by atoms with Gasteiger partial charge in [0.15, 0.2) is 0 Å². The van der Waals surface area contributed by atoms with Crippen LogP contribution in [0.15, 0.2) is 53.4 Å². The molecule has 1 aliphatic rings. The normalized spacial score (nSPS) is 16.0. The van der Waals surface area contributed by atoms with Crippen LogP contribution in [0.25, 0.3) is 0 Å². The first-order valence-corrected chi connectivity index (χ1v) is 11.9. The number of rotatable bonds is 6.